The van der Waals surface area contributed by atoms with Crippen molar-refractivity contribution in [3.8, 4) is 0 Å². The molecule has 0 aliphatic carbocycles. The summed E-state index contributed by atoms with van der Waals surface area (Å²) >= 11 is 0. The second-order valence-corrected chi connectivity index (χ2v) is 16.3. The zero-order valence-corrected chi connectivity index (χ0v) is 24.1. The van der Waals surface area contributed by atoms with E-state index in [0.717, 1.165) is 15.8 Å². The molecule has 9 heteroatoms. The van der Waals surface area contributed by atoms with Gasteiger partial charge in [0.15, 0.2) is 0 Å². The van der Waals surface area contributed by atoms with Gasteiger partial charge < -0.3 is 14.5 Å². The fraction of sp³-hybridized carbons (Fsp3) is 0.444. The smallest absolute Gasteiger partial charge is 0.408 e. The van der Waals surface area contributed by atoms with Gasteiger partial charge in [0.25, 0.3) is 18.4 Å². The monoisotopic (exact) mass is 533 g/mol. The van der Waals surface area contributed by atoms with Crippen molar-refractivity contribution in [1.29, 1.82) is 0 Å². The van der Waals surface area contributed by atoms with E-state index in [9.17, 15) is 13.2 Å². The Morgan fingerprint density at radius 1 is 0.944 bits per heavy atom. The summed E-state index contributed by atoms with van der Waals surface area (Å²) in [5.41, 5.74) is -0.714. The largest absolute Gasteiger partial charge is 0.444 e. The number of hydrogen-bond acceptors (Lipinski definition) is 6. The Morgan fingerprint density at radius 2 is 1.44 bits per heavy atom. The molecule has 1 atom stereocenters. The summed E-state index contributed by atoms with van der Waals surface area (Å²) in [7, 11) is -6.81. The van der Waals surface area contributed by atoms with Crippen molar-refractivity contribution in [3.05, 3.63) is 72.1 Å². The van der Waals surface area contributed by atoms with E-state index >= 15 is 0 Å². The average Bonchev–Trinajstić information content (AvgIpc) is 2.77. The van der Waals surface area contributed by atoms with Gasteiger partial charge in [-0.05, 0) is 49.2 Å². The van der Waals surface area contributed by atoms with Crippen molar-refractivity contribution >= 4 is 34.9 Å². The maximum absolute atomic E-state index is 12.6. The van der Waals surface area contributed by atoms with E-state index < -0.39 is 36.2 Å². The topological polar surface area (TPSA) is 90.9 Å². The Labute approximate surface area is 217 Å². The minimum Gasteiger partial charge on any atom is -0.444 e. The van der Waals surface area contributed by atoms with Crippen LogP contribution in [0.3, 0.4) is 0 Å². The van der Waals surface area contributed by atoms with Crippen molar-refractivity contribution < 1.29 is 26.6 Å². The van der Waals surface area contributed by atoms with Crippen LogP contribution in [0.15, 0.2) is 72.1 Å². The van der Waals surface area contributed by atoms with Crippen LogP contribution >= 0.6 is 0 Å². The first-order chi connectivity index (χ1) is 16.7. The van der Waals surface area contributed by atoms with Crippen molar-refractivity contribution in [3.63, 3.8) is 0 Å². The SMILES string of the molecule is CCOS(=O)(=O)/C=C/C(CO[Si](c1ccccc1)(c1ccccc1)C(C)(C)C)NC(=O)OC(C)(C)C. The number of benzene rings is 2. The van der Waals surface area contributed by atoms with Gasteiger partial charge in [0.05, 0.1) is 24.7 Å². The number of carbonyl (C=O) groups is 1. The highest BCUT2D eigenvalue weighted by molar-refractivity contribution is 7.89. The highest BCUT2D eigenvalue weighted by atomic mass is 32.2. The van der Waals surface area contributed by atoms with Crippen LogP contribution in [0.2, 0.25) is 5.04 Å². The molecule has 198 valence electrons. The predicted molar refractivity (Wildman–Crippen MR) is 146 cm³/mol. The number of hydrogen-bond donors (Lipinski definition) is 1. The van der Waals surface area contributed by atoms with E-state index in [1.165, 1.54) is 6.08 Å². The van der Waals surface area contributed by atoms with Crippen LogP contribution in [0.5, 0.6) is 0 Å². The molecule has 7 nitrogen and oxygen atoms in total. The van der Waals surface area contributed by atoms with Gasteiger partial charge in [0.1, 0.15) is 5.60 Å². The lowest BCUT2D eigenvalue weighted by atomic mass is 10.2. The molecule has 2 aromatic rings. The molecule has 1 amide bonds. The minimum atomic E-state index is -3.90. The third kappa shape index (κ3) is 8.30. The summed E-state index contributed by atoms with van der Waals surface area (Å²) in [5, 5.41) is 5.56. The second-order valence-electron chi connectivity index (χ2n) is 10.5. The molecule has 2 rings (SSSR count). The van der Waals surface area contributed by atoms with Gasteiger partial charge >= 0.3 is 6.09 Å². The fourth-order valence-corrected chi connectivity index (χ4v) is 9.35. The molecule has 0 spiro atoms. The maximum Gasteiger partial charge on any atom is 0.408 e. The summed E-state index contributed by atoms with van der Waals surface area (Å²) in [6, 6.07) is 19.4. The molecule has 1 N–H and O–H groups in total. The summed E-state index contributed by atoms with van der Waals surface area (Å²) in [6.07, 6.45) is 0.698. The number of ether oxygens (including phenoxy) is 1. The molecule has 0 saturated carbocycles. The van der Waals surface area contributed by atoms with E-state index in [0.29, 0.717) is 0 Å². The minimum absolute atomic E-state index is 0.00932. The van der Waals surface area contributed by atoms with E-state index in [1.54, 1.807) is 27.7 Å². The molecular formula is C27H39NO6SSi. The highest BCUT2D eigenvalue weighted by Gasteiger charge is 2.50. The lowest BCUT2D eigenvalue weighted by Crippen LogP contribution is -2.67. The van der Waals surface area contributed by atoms with Crippen molar-refractivity contribution in [2.24, 2.45) is 0 Å². The van der Waals surface area contributed by atoms with E-state index in [4.69, 9.17) is 13.3 Å². The van der Waals surface area contributed by atoms with Gasteiger partial charge in [0.2, 0.25) is 0 Å². The van der Waals surface area contributed by atoms with Gasteiger partial charge in [-0.25, -0.2) is 4.79 Å². The van der Waals surface area contributed by atoms with Gasteiger partial charge in [-0.2, -0.15) is 8.42 Å². The van der Waals surface area contributed by atoms with Gasteiger partial charge in [-0.1, -0.05) is 81.4 Å². The number of nitrogens with one attached hydrogen (secondary N) is 1. The lowest BCUT2D eigenvalue weighted by Gasteiger charge is -2.43. The van der Waals surface area contributed by atoms with E-state index in [-0.39, 0.29) is 18.3 Å². The molecule has 0 aromatic heterocycles. The molecule has 0 aliphatic heterocycles. The third-order valence-electron chi connectivity index (χ3n) is 5.36. The standard InChI is InChI=1S/C27H39NO6SSi/c1-8-32-35(30,31)20-19-22(28-25(29)34-26(2,3)4)21-33-36(27(5,6)7,23-15-11-9-12-16-23)24-17-13-10-14-18-24/h9-20,22H,8,21H2,1-7H3,(H,28,29)/b20-19+. The number of alkyl carbamates (subject to hydrolysis) is 1. The molecule has 1 unspecified atom stereocenters. The molecule has 0 radical (unpaired) electrons. The van der Waals surface area contributed by atoms with Crippen LogP contribution in [-0.2, 0) is 23.5 Å². The molecular weight excluding hydrogens is 494 g/mol. The van der Waals surface area contributed by atoms with Crippen LogP contribution in [-0.4, -0.2) is 47.7 Å². The predicted octanol–water partition coefficient (Wildman–Crippen LogP) is 4.34. The second kappa shape index (κ2) is 12.2. The third-order valence-corrected chi connectivity index (χ3v) is 11.4. The zero-order chi connectivity index (χ0) is 27.0. The first kappa shape index (κ1) is 29.8. The summed E-state index contributed by atoms with van der Waals surface area (Å²) in [5.74, 6) is 0. The molecule has 36 heavy (non-hydrogen) atoms. The Bertz CT molecular complexity index is 1070. The van der Waals surface area contributed by atoms with Crippen molar-refractivity contribution in [2.75, 3.05) is 13.2 Å². The van der Waals surface area contributed by atoms with Crippen molar-refractivity contribution in [2.45, 2.75) is 65.1 Å². The molecule has 0 saturated heterocycles. The fourth-order valence-electron chi connectivity index (χ4n) is 3.98. The molecule has 0 bridgehead atoms. The van der Waals surface area contributed by atoms with Crippen LogP contribution in [0.25, 0.3) is 0 Å². The number of rotatable bonds is 10. The van der Waals surface area contributed by atoms with Crippen LogP contribution in [0.1, 0.15) is 48.5 Å². The lowest BCUT2D eigenvalue weighted by molar-refractivity contribution is 0.0500. The normalized spacial score (nSPS) is 14.0. The first-order valence-electron chi connectivity index (χ1n) is 12.0. The molecule has 0 fully saturated rings. The molecule has 0 heterocycles. The summed E-state index contributed by atoms with van der Waals surface area (Å²) in [4.78, 5) is 12.6. The van der Waals surface area contributed by atoms with E-state index in [2.05, 4.69) is 50.4 Å². The zero-order valence-electron chi connectivity index (χ0n) is 22.3. The van der Waals surface area contributed by atoms with Crippen molar-refractivity contribution in [1.82, 2.24) is 5.32 Å². The quantitative estimate of drug-likeness (QED) is 0.361. The maximum atomic E-state index is 12.6. The average molecular weight is 534 g/mol. The van der Waals surface area contributed by atoms with Gasteiger partial charge in [0, 0.05) is 0 Å². The number of carbonyl (C=O) groups excluding carboxylic acids is 1. The summed E-state index contributed by atoms with van der Waals surface area (Å²) < 4.78 is 41.4. The van der Waals surface area contributed by atoms with Crippen LogP contribution < -0.4 is 15.7 Å². The number of amides is 1. The Balaban J connectivity index is 2.51. The molecule has 2 aromatic carbocycles. The molecule has 0 aliphatic rings. The van der Waals surface area contributed by atoms with Crippen LogP contribution in [0, 0.1) is 0 Å². The van der Waals surface area contributed by atoms with Gasteiger partial charge in [-0.15, -0.1) is 0 Å². The Hall–Kier alpha value is -2.46. The Kier molecular flexibility index (Phi) is 10.1. The Morgan fingerprint density at radius 3 is 1.86 bits per heavy atom. The van der Waals surface area contributed by atoms with Gasteiger partial charge in [-0.3, -0.25) is 4.18 Å². The van der Waals surface area contributed by atoms with Crippen LogP contribution in [0.4, 0.5) is 4.79 Å². The van der Waals surface area contributed by atoms with E-state index in [1.807, 2.05) is 36.4 Å². The first-order valence-corrected chi connectivity index (χ1v) is 15.4. The summed E-state index contributed by atoms with van der Waals surface area (Å²) in [6.45, 7) is 13.3. The highest BCUT2D eigenvalue weighted by Crippen LogP contribution is 2.36.